The van der Waals surface area contributed by atoms with E-state index in [2.05, 4.69) is 15.6 Å². The molecule has 1 aliphatic rings. The van der Waals surface area contributed by atoms with Gasteiger partial charge in [0.05, 0.1) is 11.9 Å². The lowest BCUT2D eigenvalue weighted by Gasteiger charge is -2.04. The standard InChI is InChI=1S/C8H11F3N4/c9-8(10,11)5-15-4-7(13-14-15)3-12-6-1-2-6/h4,6,12H,1-3,5H2. The smallest absolute Gasteiger partial charge is 0.308 e. The summed E-state index contributed by atoms with van der Waals surface area (Å²) in [6.07, 6.45) is -0.648. The summed E-state index contributed by atoms with van der Waals surface area (Å²) in [4.78, 5) is 0. The zero-order valence-corrected chi connectivity index (χ0v) is 7.96. The monoisotopic (exact) mass is 220 g/mol. The molecule has 0 bridgehead atoms. The Balaban J connectivity index is 1.85. The summed E-state index contributed by atoms with van der Waals surface area (Å²) < 4.78 is 36.7. The van der Waals surface area contributed by atoms with E-state index < -0.39 is 12.7 Å². The number of aromatic nitrogens is 3. The van der Waals surface area contributed by atoms with Crippen LogP contribution in [-0.4, -0.2) is 27.2 Å². The summed E-state index contributed by atoms with van der Waals surface area (Å²) in [6, 6.07) is 0.512. The predicted molar refractivity (Wildman–Crippen MR) is 45.9 cm³/mol. The van der Waals surface area contributed by atoms with Crippen LogP contribution in [0.3, 0.4) is 0 Å². The van der Waals surface area contributed by atoms with Gasteiger partial charge in [0.25, 0.3) is 0 Å². The second kappa shape index (κ2) is 3.80. The third-order valence-electron chi connectivity index (χ3n) is 2.08. The summed E-state index contributed by atoms with van der Waals surface area (Å²) in [6.45, 7) is -0.591. The minimum atomic E-state index is -4.24. The van der Waals surface area contributed by atoms with E-state index in [-0.39, 0.29) is 0 Å². The molecule has 0 spiro atoms. The number of rotatable bonds is 4. The molecular formula is C8H11F3N4. The maximum atomic E-state index is 12.0. The number of hydrogen-bond donors (Lipinski definition) is 1. The zero-order chi connectivity index (χ0) is 10.9. The molecule has 1 fully saturated rings. The van der Waals surface area contributed by atoms with Crippen molar-refractivity contribution in [1.82, 2.24) is 20.3 Å². The van der Waals surface area contributed by atoms with Gasteiger partial charge in [0.15, 0.2) is 0 Å². The van der Waals surface area contributed by atoms with Crippen molar-refractivity contribution < 1.29 is 13.2 Å². The summed E-state index contributed by atoms with van der Waals surface area (Å²) in [5, 5.41) is 10.2. The van der Waals surface area contributed by atoms with E-state index in [4.69, 9.17) is 0 Å². The number of nitrogens with one attached hydrogen (secondary N) is 1. The molecule has 1 N–H and O–H groups in total. The highest BCUT2D eigenvalue weighted by atomic mass is 19.4. The first-order valence-electron chi connectivity index (χ1n) is 4.72. The van der Waals surface area contributed by atoms with E-state index in [1.54, 1.807) is 0 Å². The van der Waals surface area contributed by atoms with E-state index in [0.717, 1.165) is 17.5 Å². The average Bonchev–Trinajstić information content (AvgIpc) is 2.83. The number of hydrogen-bond acceptors (Lipinski definition) is 3. The van der Waals surface area contributed by atoms with Gasteiger partial charge in [-0.15, -0.1) is 5.10 Å². The predicted octanol–water partition coefficient (Wildman–Crippen LogP) is 1.09. The number of nitrogens with zero attached hydrogens (tertiary/aromatic N) is 3. The Morgan fingerprint density at radius 1 is 1.47 bits per heavy atom. The van der Waals surface area contributed by atoms with Gasteiger partial charge in [-0.1, -0.05) is 5.21 Å². The van der Waals surface area contributed by atoms with Gasteiger partial charge in [0.2, 0.25) is 0 Å². The van der Waals surface area contributed by atoms with Gasteiger partial charge in [-0.2, -0.15) is 13.2 Å². The molecule has 0 saturated heterocycles. The lowest BCUT2D eigenvalue weighted by atomic mass is 10.4. The molecule has 0 amide bonds. The van der Waals surface area contributed by atoms with Gasteiger partial charge in [0.1, 0.15) is 6.54 Å². The molecule has 0 unspecified atom stereocenters. The van der Waals surface area contributed by atoms with E-state index in [1.807, 2.05) is 0 Å². The fourth-order valence-corrected chi connectivity index (χ4v) is 1.22. The molecule has 0 aromatic carbocycles. The third kappa shape index (κ3) is 3.50. The Hall–Kier alpha value is -1.11. The van der Waals surface area contributed by atoms with Crippen LogP contribution in [0.1, 0.15) is 18.5 Å². The van der Waals surface area contributed by atoms with Crippen LogP contribution < -0.4 is 5.32 Å². The van der Waals surface area contributed by atoms with Crippen molar-refractivity contribution in [3.63, 3.8) is 0 Å². The van der Waals surface area contributed by atoms with Crippen LogP contribution in [0.2, 0.25) is 0 Å². The fraction of sp³-hybridized carbons (Fsp3) is 0.750. The van der Waals surface area contributed by atoms with Crippen LogP contribution in [0.15, 0.2) is 6.20 Å². The first kappa shape index (κ1) is 10.4. The summed E-state index contributed by atoms with van der Waals surface area (Å²) in [5.41, 5.74) is 0.547. The van der Waals surface area contributed by atoms with Gasteiger partial charge >= 0.3 is 6.18 Å². The highest BCUT2D eigenvalue weighted by molar-refractivity contribution is 4.94. The van der Waals surface area contributed by atoms with Crippen LogP contribution in [0.25, 0.3) is 0 Å². The summed E-state index contributed by atoms with van der Waals surface area (Å²) >= 11 is 0. The highest BCUT2D eigenvalue weighted by Gasteiger charge is 2.28. The molecule has 1 saturated carbocycles. The second-order valence-corrected chi connectivity index (χ2v) is 3.68. The minimum Gasteiger partial charge on any atom is -0.308 e. The largest absolute Gasteiger partial charge is 0.408 e. The van der Waals surface area contributed by atoms with Gasteiger partial charge in [-0.3, -0.25) is 0 Å². The first-order valence-corrected chi connectivity index (χ1v) is 4.72. The first-order chi connectivity index (χ1) is 7.03. The average molecular weight is 220 g/mol. The normalized spacial score (nSPS) is 17.0. The topological polar surface area (TPSA) is 42.7 Å². The lowest BCUT2D eigenvalue weighted by molar-refractivity contribution is -0.142. The SMILES string of the molecule is FC(F)(F)Cn1cc(CNC2CC2)nn1. The minimum absolute atomic E-state index is 0.489. The molecule has 0 aliphatic heterocycles. The fourth-order valence-electron chi connectivity index (χ4n) is 1.22. The van der Waals surface area contributed by atoms with Crippen molar-refractivity contribution >= 4 is 0 Å². The van der Waals surface area contributed by atoms with Crippen LogP contribution in [0, 0.1) is 0 Å². The molecule has 7 heteroatoms. The molecule has 4 nitrogen and oxygen atoms in total. The Labute approximate surface area is 84.5 Å². The van der Waals surface area contributed by atoms with Crippen LogP contribution in [0.5, 0.6) is 0 Å². The third-order valence-corrected chi connectivity index (χ3v) is 2.08. The molecule has 1 heterocycles. The maximum Gasteiger partial charge on any atom is 0.408 e. The quantitative estimate of drug-likeness (QED) is 0.826. The summed E-state index contributed by atoms with van der Waals surface area (Å²) in [7, 11) is 0. The molecule has 0 atom stereocenters. The lowest BCUT2D eigenvalue weighted by Crippen LogP contribution is -2.18. The van der Waals surface area contributed by atoms with Crippen molar-refractivity contribution in [2.45, 2.75) is 38.1 Å². The molecule has 2 rings (SSSR count). The Bertz CT molecular complexity index is 329. The Morgan fingerprint density at radius 2 is 2.20 bits per heavy atom. The van der Waals surface area contributed by atoms with E-state index in [9.17, 15) is 13.2 Å². The van der Waals surface area contributed by atoms with Crippen molar-refractivity contribution in [2.75, 3.05) is 0 Å². The van der Waals surface area contributed by atoms with Gasteiger partial charge < -0.3 is 5.32 Å². The number of alkyl halides is 3. The van der Waals surface area contributed by atoms with Gasteiger partial charge in [0, 0.05) is 12.6 Å². The zero-order valence-electron chi connectivity index (χ0n) is 7.96. The molecule has 0 radical (unpaired) electrons. The maximum absolute atomic E-state index is 12.0. The van der Waals surface area contributed by atoms with Gasteiger partial charge in [-0.05, 0) is 12.8 Å². The van der Waals surface area contributed by atoms with E-state index in [0.29, 0.717) is 18.3 Å². The van der Waals surface area contributed by atoms with Crippen molar-refractivity contribution in [3.05, 3.63) is 11.9 Å². The second-order valence-electron chi connectivity index (χ2n) is 3.68. The van der Waals surface area contributed by atoms with Crippen LogP contribution in [-0.2, 0) is 13.1 Å². The van der Waals surface area contributed by atoms with Crippen molar-refractivity contribution in [2.24, 2.45) is 0 Å². The molecule has 15 heavy (non-hydrogen) atoms. The number of halogens is 3. The molecular weight excluding hydrogens is 209 g/mol. The van der Waals surface area contributed by atoms with Crippen molar-refractivity contribution in [1.29, 1.82) is 0 Å². The van der Waals surface area contributed by atoms with E-state index >= 15 is 0 Å². The van der Waals surface area contributed by atoms with Gasteiger partial charge in [-0.25, -0.2) is 4.68 Å². The molecule has 1 aliphatic carbocycles. The molecule has 1 aromatic heterocycles. The molecule has 84 valence electrons. The summed E-state index contributed by atoms with van der Waals surface area (Å²) in [5.74, 6) is 0. The van der Waals surface area contributed by atoms with Crippen LogP contribution >= 0.6 is 0 Å². The van der Waals surface area contributed by atoms with Crippen molar-refractivity contribution in [3.8, 4) is 0 Å². The van der Waals surface area contributed by atoms with E-state index in [1.165, 1.54) is 6.20 Å². The highest BCUT2D eigenvalue weighted by Crippen LogP contribution is 2.19. The molecule has 1 aromatic rings. The Kier molecular flexibility index (Phi) is 2.64. The van der Waals surface area contributed by atoms with Crippen LogP contribution in [0.4, 0.5) is 13.2 Å². The Morgan fingerprint density at radius 3 is 2.80 bits per heavy atom.